The van der Waals surface area contributed by atoms with Crippen LogP contribution in [-0.4, -0.2) is 25.1 Å². The maximum atomic E-state index is 12.1. The lowest BCUT2D eigenvalue weighted by Crippen LogP contribution is -2.23. The highest BCUT2D eigenvalue weighted by Crippen LogP contribution is 2.29. The zero-order valence-electron chi connectivity index (χ0n) is 15.3. The molecule has 0 saturated carbocycles. The Morgan fingerprint density at radius 3 is 2.24 bits per heavy atom. The van der Waals surface area contributed by atoms with Gasteiger partial charge in [-0.15, -0.1) is 0 Å². The van der Waals surface area contributed by atoms with Crippen molar-refractivity contribution < 1.29 is 23.8 Å². The smallest absolute Gasteiger partial charge is 0.344 e. The number of para-hydroxylation sites is 3. The minimum Gasteiger partial charge on any atom is -0.482 e. The summed E-state index contributed by atoms with van der Waals surface area (Å²) in [7, 11) is 0. The molecule has 1 amide bonds. The zero-order valence-corrected chi connectivity index (χ0v) is 16.1. The van der Waals surface area contributed by atoms with Crippen molar-refractivity contribution in [3.05, 3.63) is 83.9 Å². The number of anilines is 1. The van der Waals surface area contributed by atoms with E-state index >= 15 is 0 Å². The van der Waals surface area contributed by atoms with Crippen molar-refractivity contribution in [2.75, 3.05) is 18.5 Å². The van der Waals surface area contributed by atoms with Crippen LogP contribution in [0.25, 0.3) is 0 Å². The molecular weight excluding hydrogens is 394 g/mol. The highest BCUT2D eigenvalue weighted by Gasteiger charge is 2.12. The first-order valence-electron chi connectivity index (χ1n) is 8.76. The number of hydrogen-bond acceptors (Lipinski definition) is 5. The summed E-state index contributed by atoms with van der Waals surface area (Å²) in [5.74, 6) is 0.435. The van der Waals surface area contributed by atoms with E-state index in [1.807, 2.05) is 18.2 Å². The van der Waals surface area contributed by atoms with Crippen LogP contribution in [-0.2, 0) is 14.3 Å². The van der Waals surface area contributed by atoms with Gasteiger partial charge in [-0.3, -0.25) is 4.79 Å². The largest absolute Gasteiger partial charge is 0.482 e. The summed E-state index contributed by atoms with van der Waals surface area (Å²) in [6.07, 6.45) is 0. The Kier molecular flexibility index (Phi) is 7.08. The fourth-order valence-corrected chi connectivity index (χ4v) is 2.45. The molecule has 0 spiro atoms. The first-order valence-corrected chi connectivity index (χ1v) is 9.14. The lowest BCUT2D eigenvalue weighted by molar-refractivity contribution is -0.149. The number of ether oxygens (including phenoxy) is 3. The van der Waals surface area contributed by atoms with Gasteiger partial charge in [-0.2, -0.15) is 0 Å². The second-order valence-electron chi connectivity index (χ2n) is 5.86. The van der Waals surface area contributed by atoms with E-state index in [4.69, 9.17) is 25.8 Å². The monoisotopic (exact) mass is 411 g/mol. The summed E-state index contributed by atoms with van der Waals surface area (Å²) in [5, 5.41) is 3.23. The van der Waals surface area contributed by atoms with E-state index < -0.39 is 18.5 Å². The SMILES string of the molecule is O=C(COC(=O)COc1ccc(Cl)cc1)Nc1ccccc1Oc1ccccc1. The molecular formula is C22H18ClNO5. The lowest BCUT2D eigenvalue weighted by Gasteiger charge is -2.12. The van der Waals surface area contributed by atoms with Crippen molar-refractivity contribution in [2.45, 2.75) is 0 Å². The number of carbonyl (C=O) groups is 2. The van der Waals surface area contributed by atoms with E-state index in [0.29, 0.717) is 28.0 Å². The maximum absolute atomic E-state index is 12.1. The van der Waals surface area contributed by atoms with Gasteiger partial charge in [0.2, 0.25) is 0 Å². The second kappa shape index (κ2) is 10.1. The minimum absolute atomic E-state index is 0.317. The standard InChI is InChI=1S/C22H18ClNO5/c23-16-10-12-17(13-11-16)27-15-22(26)28-14-21(25)24-19-8-4-5-9-20(19)29-18-6-2-1-3-7-18/h1-13H,14-15H2,(H,24,25). The van der Waals surface area contributed by atoms with Crippen molar-refractivity contribution in [1.29, 1.82) is 0 Å². The Hall–Kier alpha value is -3.51. The van der Waals surface area contributed by atoms with Crippen LogP contribution < -0.4 is 14.8 Å². The number of nitrogens with one attached hydrogen (secondary N) is 1. The van der Waals surface area contributed by atoms with Gasteiger partial charge < -0.3 is 19.5 Å². The molecule has 7 heteroatoms. The summed E-state index contributed by atoms with van der Waals surface area (Å²) < 4.78 is 16.0. The van der Waals surface area contributed by atoms with Crippen LogP contribution in [0.15, 0.2) is 78.9 Å². The van der Waals surface area contributed by atoms with Crippen LogP contribution in [0, 0.1) is 0 Å². The summed E-state index contributed by atoms with van der Waals surface area (Å²) in [4.78, 5) is 23.9. The molecule has 3 rings (SSSR count). The molecule has 148 valence electrons. The van der Waals surface area contributed by atoms with Crippen LogP contribution in [0.4, 0.5) is 5.69 Å². The van der Waals surface area contributed by atoms with E-state index in [9.17, 15) is 9.59 Å². The molecule has 6 nitrogen and oxygen atoms in total. The number of halogens is 1. The number of carbonyl (C=O) groups excluding carboxylic acids is 2. The van der Waals surface area contributed by atoms with Crippen LogP contribution in [0.3, 0.4) is 0 Å². The molecule has 29 heavy (non-hydrogen) atoms. The third-order valence-electron chi connectivity index (χ3n) is 3.67. The van der Waals surface area contributed by atoms with Crippen LogP contribution in [0.1, 0.15) is 0 Å². The van der Waals surface area contributed by atoms with Crippen LogP contribution in [0.5, 0.6) is 17.2 Å². The first kappa shape index (κ1) is 20.2. The fourth-order valence-electron chi connectivity index (χ4n) is 2.32. The first-order chi connectivity index (χ1) is 14.1. The van der Waals surface area contributed by atoms with Crippen molar-refractivity contribution in [1.82, 2.24) is 0 Å². The summed E-state index contributed by atoms with van der Waals surface area (Å²) >= 11 is 5.78. The van der Waals surface area contributed by atoms with Gasteiger partial charge in [-0.25, -0.2) is 4.79 Å². The molecule has 0 atom stereocenters. The molecule has 0 heterocycles. The Bertz CT molecular complexity index is 960. The molecule has 3 aromatic carbocycles. The van der Waals surface area contributed by atoms with Gasteiger partial charge in [0, 0.05) is 5.02 Å². The molecule has 0 bridgehead atoms. The van der Waals surface area contributed by atoms with Gasteiger partial charge in [-0.05, 0) is 48.5 Å². The zero-order chi connectivity index (χ0) is 20.5. The highest BCUT2D eigenvalue weighted by atomic mass is 35.5. The highest BCUT2D eigenvalue weighted by molar-refractivity contribution is 6.30. The quantitative estimate of drug-likeness (QED) is 0.544. The average Bonchev–Trinajstić information content (AvgIpc) is 2.74. The van der Waals surface area contributed by atoms with Gasteiger partial charge in [0.1, 0.15) is 11.5 Å². The van der Waals surface area contributed by atoms with E-state index in [1.54, 1.807) is 60.7 Å². The van der Waals surface area contributed by atoms with E-state index in [-0.39, 0.29) is 6.61 Å². The number of rotatable bonds is 8. The number of hydrogen-bond donors (Lipinski definition) is 1. The molecule has 0 saturated heterocycles. The lowest BCUT2D eigenvalue weighted by atomic mass is 10.3. The molecule has 0 aliphatic carbocycles. The second-order valence-corrected chi connectivity index (χ2v) is 6.30. The molecule has 1 N–H and O–H groups in total. The predicted octanol–water partition coefficient (Wildman–Crippen LogP) is 4.69. The maximum Gasteiger partial charge on any atom is 0.344 e. The van der Waals surface area contributed by atoms with E-state index in [0.717, 1.165) is 0 Å². The van der Waals surface area contributed by atoms with Crippen LogP contribution in [0.2, 0.25) is 5.02 Å². The number of esters is 1. The van der Waals surface area contributed by atoms with Crippen molar-refractivity contribution in [2.24, 2.45) is 0 Å². The van der Waals surface area contributed by atoms with Crippen molar-refractivity contribution >= 4 is 29.2 Å². The molecule has 0 unspecified atom stereocenters. The molecule has 3 aromatic rings. The Balaban J connectivity index is 1.48. The minimum atomic E-state index is -0.663. The third-order valence-corrected chi connectivity index (χ3v) is 3.92. The van der Waals surface area contributed by atoms with Crippen molar-refractivity contribution in [3.63, 3.8) is 0 Å². The Labute approximate surface area is 173 Å². The average molecular weight is 412 g/mol. The summed E-state index contributed by atoms with van der Waals surface area (Å²) in [5.41, 5.74) is 0.467. The third kappa shape index (κ3) is 6.55. The Morgan fingerprint density at radius 1 is 0.793 bits per heavy atom. The molecule has 0 aliphatic rings. The van der Waals surface area contributed by atoms with Gasteiger partial charge in [0.05, 0.1) is 5.69 Å². The number of benzene rings is 3. The summed E-state index contributed by atoms with van der Waals surface area (Å²) in [6, 6.07) is 22.7. The van der Waals surface area contributed by atoms with Crippen LogP contribution >= 0.6 is 11.6 Å². The van der Waals surface area contributed by atoms with Gasteiger partial charge >= 0.3 is 5.97 Å². The van der Waals surface area contributed by atoms with Gasteiger partial charge in [0.15, 0.2) is 19.0 Å². The molecule has 0 aromatic heterocycles. The molecule has 0 radical (unpaired) electrons. The molecule has 0 aliphatic heterocycles. The van der Waals surface area contributed by atoms with E-state index in [2.05, 4.69) is 5.32 Å². The topological polar surface area (TPSA) is 73.9 Å². The normalized spacial score (nSPS) is 10.1. The summed E-state index contributed by atoms with van der Waals surface area (Å²) in [6.45, 7) is -0.759. The fraction of sp³-hybridized carbons (Fsp3) is 0.0909. The Morgan fingerprint density at radius 2 is 1.48 bits per heavy atom. The van der Waals surface area contributed by atoms with Gasteiger partial charge in [-0.1, -0.05) is 41.9 Å². The number of amides is 1. The van der Waals surface area contributed by atoms with Gasteiger partial charge in [0.25, 0.3) is 5.91 Å². The van der Waals surface area contributed by atoms with E-state index in [1.165, 1.54) is 0 Å². The molecule has 0 fully saturated rings. The van der Waals surface area contributed by atoms with Crippen molar-refractivity contribution in [3.8, 4) is 17.2 Å². The predicted molar refractivity (Wildman–Crippen MR) is 109 cm³/mol.